The molecule has 4 heteroatoms. The molecule has 0 saturated carbocycles. The lowest BCUT2D eigenvalue weighted by atomic mass is 9.91. The zero-order valence-corrected chi connectivity index (χ0v) is 13.3. The highest BCUT2D eigenvalue weighted by atomic mass is 35.5. The van der Waals surface area contributed by atoms with Gasteiger partial charge in [-0.3, -0.25) is 4.90 Å². The highest BCUT2D eigenvalue weighted by Crippen LogP contribution is 2.33. The molecular formula is C16H25ClN2O. The van der Waals surface area contributed by atoms with Crippen molar-refractivity contribution < 1.29 is 4.74 Å². The van der Waals surface area contributed by atoms with Crippen LogP contribution in [0.4, 0.5) is 0 Å². The van der Waals surface area contributed by atoms with E-state index < -0.39 is 0 Å². The number of nitrogens with two attached hydrogens (primary N) is 1. The molecule has 1 aliphatic heterocycles. The number of nitrogens with zero attached hydrogens (tertiary/aromatic N) is 1. The molecule has 1 aromatic rings. The molecule has 0 bridgehead atoms. The van der Waals surface area contributed by atoms with Crippen LogP contribution in [0.2, 0.25) is 5.02 Å². The van der Waals surface area contributed by atoms with Crippen LogP contribution in [0.15, 0.2) is 24.3 Å². The standard InChI is InChI=1S/C16H25ClN2O/c1-11-8-9-19(10-15(11)20-3)16(12(2)18)13-6-4-5-7-14(13)17/h4-7,11-12,15-16H,8-10,18H2,1-3H3. The van der Waals surface area contributed by atoms with Crippen LogP contribution in [0.3, 0.4) is 0 Å². The van der Waals surface area contributed by atoms with Crippen LogP contribution in [0, 0.1) is 5.92 Å². The Morgan fingerprint density at radius 1 is 1.40 bits per heavy atom. The quantitative estimate of drug-likeness (QED) is 0.928. The van der Waals surface area contributed by atoms with Gasteiger partial charge < -0.3 is 10.5 Å². The van der Waals surface area contributed by atoms with E-state index in [0.717, 1.165) is 30.1 Å². The molecule has 4 atom stereocenters. The maximum Gasteiger partial charge on any atom is 0.0724 e. The summed E-state index contributed by atoms with van der Waals surface area (Å²) in [7, 11) is 1.79. The Labute approximate surface area is 127 Å². The number of rotatable bonds is 4. The molecule has 0 amide bonds. The molecule has 112 valence electrons. The second-order valence-corrected chi connectivity index (χ2v) is 6.27. The first-order valence-corrected chi connectivity index (χ1v) is 7.69. The van der Waals surface area contributed by atoms with Crippen LogP contribution in [0.5, 0.6) is 0 Å². The molecule has 2 N–H and O–H groups in total. The van der Waals surface area contributed by atoms with Crippen LogP contribution in [0.1, 0.15) is 31.9 Å². The number of ether oxygens (including phenoxy) is 1. The summed E-state index contributed by atoms with van der Waals surface area (Å²) in [6, 6.07) is 8.18. The smallest absolute Gasteiger partial charge is 0.0724 e. The lowest BCUT2D eigenvalue weighted by Gasteiger charge is -2.42. The molecule has 20 heavy (non-hydrogen) atoms. The number of likely N-dealkylation sites (tertiary alicyclic amines) is 1. The fraction of sp³-hybridized carbons (Fsp3) is 0.625. The molecule has 3 nitrogen and oxygen atoms in total. The number of halogens is 1. The average Bonchev–Trinajstić information content (AvgIpc) is 2.42. The first-order valence-electron chi connectivity index (χ1n) is 7.31. The maximum absolute atomic E-state index is 6.37. The first-order chi connectivity index (χ1) is 9.54. The van der Waals surface area contributed by atoms with E-state index in [-0.39, 0.29) is 18.2 Å². The van der Waals surface area contributed by atoms with Gasteiger partial charge in [0.25, 0.3) is 0 Å². The highest BCUT2D eigenvalue weighted by molar-refractivity contribution is 6.31. The van der Waals surface area contributed by atoms with E-state index in [4.69, 9.17) is 22.1 Å². The number of hydrogen-bond acceptors (Lipinski definition) is 3. The van der Waals surface area contributed by atoms with Crippen molar-refractivity contribution in [3.8, 4) is 0 Å². The SMILES string of the molecule is COC1CN(C(c2ccccc2Cl)C(C)N)CCC1C. The molecule has 1 aliphatic rings. The third-order valence-electron chi connectivity index (χ3n) is 4.34. The minimum atomic E-state index is 0.0285. The fourth-order valence-electron chi connectivity index (χ4n) is 3.14. The van der Waals surface area contributed by atoms with Gasteiger partial charge in [-0.2, -0.15) is 0 Å². The van der Waals surface area contributed by atoms with Gasteiger partial charge in [-0.1, -0.05) is 36.7 Å². The molecule has 1 fully saturated rings. The van der Waals surface area contributed by atoms with Gasteiger partial charge in [0.2, 0.25) is 0 Å². The maximum atomic E-state index is 6.37. The Kier molecular flexibility index (Phi) is 5.44. The summed E-state index contributed by atoms with van der Waals surface area (Å²) in [5, 5.41) is 0.794. The molecule has 0 aromatic heterocycles. The third kappa shape index (κ3) is 3.34. The summed E-state index contributed by atoms with van der Waals surface area (Å²) in [4.78, 5) is 2.42. The molecule has 0 aliphatic carbocycles. The number of piperidine rings is 1. The van der Waals surface area contributed by atoms with Gasteiger partial charge in [-0.15, -0.1) is 0 Å². The van der Waals surface area contributed by atoms with Gasteiger partial charge in [0, 0.05) is 24.7 Å². The summed E-state index contributed by atoms with van der Waals surface area (Å²) in [6.45, 7) is 6.25. The van der Waals surface area contributed by atoms with Crippen LogP contribution in [-0.4, -0.2) is 37.2 Å². The summed E-state index contributed by atoms with van der Waals surface area (Å²) >= 11 is 6.37. The molecule has 0 radical (unpaired) electrons. The molecule has 1 heterocycles. The Hall–Kier alpha value is -0.610. The summed E-state index contributed by atoms with van der Waals surface area (Å²) in [5.41, 5.74) is 7.37. The van der Waals surface area contributed by atoms with Gasteiger partial charge in [0.05, 0.1) is 12.1 Å². The molecule has 2 rings (SSSR count). The number of methoxy groups -OCH3 is 1. The second kappa shape index (κ2) is 6.90. The predicted molar refractivity (Wildman–Crippen MR) is 84.0 cm³/mol. The van der Waals surface area contributed by atoms with Crippen molar-refractivity contribution in [3.05, 3.63) is 34.9 Å². The lowest BCUT2D eigenvalue weighted by molar-refractivity contribution is -0.0224. The molecular weight excluding hydrogens is 272 g/mol. The zero-order valence-electron chi connectivity index (χ0n) is 12.6. The molecule has 1 aromatic carbocycles. The van der Waals surface area contributed by atoms with Crippen LogP contribution < -0.4 is 5.73 Å². The predicted octanol–water partition coefficient (Wildman–Crippen LogP) is 3.09. The van der Waals surface area contributed by atoms with E-state index in [9.17, 15) is 0 Å². The zero-order chi connectivity index (χ0) is 14.7. The lowest BCUT2D eigenvalue weighted by Crippen LogP contribution is -2.49. The van der Waals surface area contributed by atoms with Gasteiger partial charge in [0.1, 0.15) is 0 Å². The summed E-state index contributed by atoms with van der Waals surface area (Å²) in [6.07, 6.45) is 1.40. The Morgan fingerprint density at radius 3 is 2.70 bits per heavy atom. The van der Waals surface area contributed by atoms with Crippen LogP contribution in [0.25, 0.3) is 0 Å². The summed E-state index contributed by atoms with van der Waals surface area (Å²) in [5.74, 6) is 0.594. The average molecular weight is 297 g/mol. The highest BCUT2D eigenvalue weighted by Gasteiger charge is 2.33. The normalized spacial score (nSPS) is 27.2. The topological polar surface area (TPSA) is 38.5 Å². The van der Waals surface area contributed by atoms with E-state index in [1.165, 1.54) is 0 Å². The molecule has 1 saturated heterocycles. The monoisotopic (exact) mass is 296 g/mol. The Bertz CT molecular complexity index is 438. The van der Waals surface area contributed by atoms with Gasteiger partial charge in [-0.05, 0) is 37.4 Å². The van der Waals surface area contributed by atoms with Crippen molar-refractivity contribution in [3.63, 3.8) is 0 Å². The van der Waals surface area contributed by atoms with Crippen LogP contribution >= 0.6 is 11.6 Å². The van der Waals surface area contributed by atoms with Crippen molar-refractivity contribution in [2.45, 2.75) is 38.5 Å². The number of benzene rings is 1. The van der Waals surface area contributed by atoms with Crippen molar-refractivity contribution in [2.75, 3.05) is 20.2 Å². The third-order valence-corrected chi connectivity index (χ3v) is 4.68. The van der Waals surface area contributed by atoms with Crippen molar-refractivity contribution in [1.29, 1.82) is 0 Å². The summed E-state index contributed by atoms with van der Waals surface area (Å²) < 4.78 is 5.61. The Morgan fingerprint density at radius 2 is 2.10 bits per heavy atom. The minimum Gasteiger partial charge on any atom is -0.380 e. The molecule has 0 spiro atoms. The fourth-order valence-corrected chi connectivity index (χ4v) is 3.39. The second-order valence-electron chi connectivity index (χ2n) is 5.86. The largest absolute Gasteiger partial charge is 0.380 e. The van der Waals surface area contributed by atoms with E-state index in [2.05, 4.69) is 17.9 Å². The first kappa shape index (κ1) is 15.8. The van der Waals surface area contributed by atoms with Crippen molar-refractivity contribution in [2.24, 2.45) is 11.7 Å². The molecule has 4 unspecified atom stereocenters. The van der Waals surface area contributed by atoms with Gasteiger partial charge >= 0.3 is 0 Å². The number of hydrogen-bond donors (Lipinski definition) is 1. The van der Waals surface area contributed by atoms with Crippen LogP contribution in [-0.2, 0) is 4.74 Å². The van der Waals surface area contributed by atoms with E-state index in [0.29, 0.717) is 5.92 Å². The van der Waals surface area contributed by atoms with Crippen molar-refractivity contribution in [1.82, 2.24) is 4.90 Å². The van der Waals surface area contributed by atoms with Gasteiger partial charge in [-0.25, -0.2) is 0 Å². The van der Waals surface area contributed by atoms with E-state index >= 15 is 0 Å². The minimum absolute atomic E-state index is 0.0285. The van der Waals surface area contributed by atoms with Gasteiger partial charge in [0.15, 0.2) is 0 Å². The van der Waals surface area contributed by atoms with E-state index in [1.54, 1.807) is 7.11 Å². The van der Waals surface area contributed by atoms with E-state index in [1.807, 2.05) is 25.1 Å². The Balaban J connectivity index is 2.24. The van der Waals surface area contributed by atoms with Crippen molar-refractivity contribution >= 4 is 11.6 Å².